The van der Waals surface area contributed by atoms with E-state index in [4.69, 9.17) is 4.74 Å². The van der Waals surface area contributed by atoms with Gasteiger partial charge in [-0.3, -0.25) is 14.5 Å². The van der Waals surface area contributed by atoms with Crippen molar-refractivity contribution >= 4 is 5.91 Å². The molecule has 25 heavy (non-hydrogen) atoms. The smallest absolute Gasteiger partial charge is 0.254 e. The van der Waals surface area contributed by atoms with Gasteiger partial charge in [-0.15, -0.1) is 5.10 Å². The molecule has 3 aromatic rings. The van der Waals surface area contributed by atoms with E-state index in [9.17, 15) is 4.79 Å². The Morgan fingerprint density at radius 3 is 2.68 bits per heavy atom. The molecule has 6 heteroatoms. The van der Waals surface area contributed by atoms with E-state index >= 15 is 0 Å². The highest BCUT2D eigenvalue weighted by atomic mass is 16.5. The summed E-state index contributed by atoms with van der Waals surface area (Å²) >= 11 is 0. The third-order valence-electron chi connectivity index (χ3n) is 4.22. The van der Waals surface area contributed by atoms with Crippen LogP contribution in [0, 0.1) is 0 Å². The number of carbonyl (C=O) groups excluding carboxylic acids is 1. The molecule has 0 unspecified atom stereocenters. The van der Waals surface area contributed by atoms with Gasteiger partial charge in [0.25, 0.3) is 5.91 Å². The Balaban J connectivity index is 1.43. The van der Waals surface area contributed by atoms with Crippen LogP contribution in [-0.4, -0.2) is 32.1 Å². The first-order valence-corrected chi connectivity index (χ1v) is 8.22. The van der Waals surface area contributed by atoms with Crippen LogP contribution in [0.1, 0.15) is 21.6 Å². The fourth-order valence-electron chi connectivity index (χ4n) is 2.89. The summed E-state index contributed by atoms with van der Waals surface area (Å²) in [5, 5.41) is 4.48. The quantitative estimate of drug-likeness (QED) is 0.735. The third-order valence-corrected chi connectivity index (χ3v) is 4.22. The summed E-state index contributed by atoms with van der Waals surface area (Å²) in [6, 6.07) is 15.4. The zero-order valence-corrected chi connectivity index (χ0v) is 13.7. The van der Waals surface area contributed by atoms with Gasteiger partial charge in [-0.2, -0.15) is 0 Å². The van der Waals surface area contributed by atoms with E-state index in [0.29, 0.717) is 37.7 Å². The Kier molecular flexibility index (Phi) is 4.16. The molecule has 0 aliphatic carbocycles. The van der Waals surface area contributed by atoms with E-state index in [1.54, 1.807) is 24.5 Å². The molecule has 0 radical (unpaired) electrons. The van der Waals surface area contributed by atoms with Crippen molar-refractivity contribution < 1.29 is 9.53 Å². The lowest BCUT2D eigenvalue weighted by atomic mass is 10.2. The lowest BCUT2D eigenvalue weighted by Crippen LogP contribution is -2.38. The third kappa shape index (κ3) is 3.38. The Morgan fingerprint density at radius 1 is 1.08 bits per heavy atom. The Morgan fingerprint density at radius 2 is 1.88 bits per heavy atom. The molecule has 1 amide bonds. The number of ether oxygens (including phenoxy) is 1. The molecule has 6 nitrogen and oxygen atoms in total. The summed E-state index contributed by atoms with van der Waals surface area (Å²) < 4.78 is 7.69. The molecular weight excluding hydrogens is 316 g/mol. The second-order valence-corrected chi connectivity index (χ2v) is 5.93. The predicted molar refractivity (Wildman–Crippen MR) is 92.0 cm³/mol. The highest BCUT2D eigenvalue weighted by molar-refractivity contribution is 5.94. The number of rotatable bonds is 4. The Hall–Kier alpha value is -3.15. The van der Waals surface area contributed by atoms with Crippen LogP contribution in [0.3, 0.4) is 0 Å². The highest BCUT2D eigenvalue weighted by Crippen LogP contribution is 2.20. The van der Waals surface area contributed by atoms with Crippen molar-refractivity contribution in [1.82, 2.24) is 19.7 Å². The number of pyridine rings is 1. The average Bonchev–Trinajstić information content (AvgIpc) is 3.09. The van der Waals surface area contributed by atoms with Gasteiger partial charge in [-0.25, -0.2) is 0 Å². The van der Waals surface area contributed by atoms with Crippen molar-refractivity contribution in [3.05, 3.63) is 77.7 Å². The standard InChI is InChI=1S/C19H18N4O2/c24-19(16-6-8-20-9-7-16)22-10-11-23-17(13-22)12-18(21-23)25-14-15-4-2-1-3-5-15/h1-9,12H,10-11,13-14H2. The van der Waals surface area contributed by atoms with Crippen molar-refractivity contribution in [3.63, 3.8) is 0 Å². The first kappa shape index (κ1) is 15.4. The lowest BCUT2D eigenvalue weighted by molar-refractivity contribution is 0.0706. The maximum atomic E-state index is 12.6. The molecule has 1 aliphatic heterocycles. The molecule has 0 saturated carbocycles. The number of nitrogens with zero attached hydrogens (tertiary/aromatic N) is 4. The van der Waals surface area contributed by atoms with Gasteiger partial charge in [0.15, 0.2) is 0 Å². The zero-order valence-electron chi connectivity index (χ0n) is 13.7. The van der Waals surface area contributed by atoms with E-state index in [1.807, 2.05) is 46.0 Å². The van der Waals surface area contributed by atoms with Crippen LogP contribution in [0.15, 0.2) is 60.9 Å². The highest BCUT2D eigenvalue weighted by Gasteiger charge is 2.23. The summed E-state index contributed by atoms with van der Waals surface area (Å²) in [4.78, 5) is 18.3. The van der Waals surface area contributed by atoms with Gasteiger partial charge in [-0.1, -0.05) is 30.3 Å². The van der Waals surface area contributed by atoms with Gasteiger partial charge in [-0.05, 0) is 17.7 Å². The van der Waals surface area contributed by atoms with Crippen LogP contribution in [0.4, 0.5) is 0 Å². The maximum absolute atomic E-state index is 12.6. The molecule has 0 spiro atoms. The molecule has 0 saturated heterocycles. The largest absolute Gasteiger partial charge is 0.472 e. The molecule has 0 fully saturated rings. The summed E-state index contributed by atoms with van der Waals surface area (Å²) in [5.41, 5.74) is 2.74. The molecule has 0 N–H and O–H groups in total. The normalized spacial score (nSPS) is 13.4. The van der Waals surface area contributed by atoms with Gasteiger partial charge < -0.3 is 9.64 Å². The van der Waals surface area contributed by atoms with Crippen LogP contribution >= 0.6 is 0 Å². The van der Waals surface area contributed by atoms with Crippen LogP contribution in [0.25, 0.3) is 0 Å². The van der Waals surface area contributed by atoms with E-state index in [2.05, 4.69) is 10.1 Å². The molecule has 2 aromatic heterocycles. The van der Waals surface area contributed by atoms with Crippen LogP contribution in [0.2, 0.25) is 0 Å². The van der Waals surface area contributed by atoms with Crippen molar-refractivity contribution in [2.75, 3.05) is 6.54 Å². The van der Waals surface area contributed by atoms with Crippen molar-refractivity contribution in [3.8, 4) is 5.88 Å². The number of fused-ring (bicyclic) bond motifs is 1. The molecule has 4 rings (SSSR count). The van der Waals surface area contributed by atoms with Gasteiger partial charge in [0.1, 0.15) is 6.61 Å². The summed E-state index contributed by atoms with van der Waals surface area (Å²) in [6.07, 6.45) is 3.27. The van der Waals surface area contributed by atoms with Gasteiger partial charge in [0.05, 0.1) is 18.8 Å². The number of hydrogen-bond donors (Lipinski definition) is 0. The molecule has 3 heterocycles. The first-order valence-electron chi connectivity index (χ1n) is 8.22. The van der Waals surface area contributed by atoms with E-state index in [1.165, 1.54) is 0 Å². The Bertz CT molecular complexity index is 862. The minimum Gasteiger partial charge on any atom is -0.472 e. The maximum Gasteiger partial charge on any atom is 0.254 e. The van der Waals surface area contributed by atoms with E-state index in [-0.39, 0.29) is 5.91 Å². The van der Waals surface area contributed by atoms with E-state index < -0.39 is 0 Å². The second kappa shape index (κ2) is 6.76. The molecule has 0 bridgehead atoms. The zero-order chi connectivity index (χ0) is 17.1. The minimum absolute atomic E-state index is 0.0154. The first-order chi connectivity index (χ1) is 12.3. The Labute approximate surface area is 145 Å². The number of carbonyl (C=O) groups is 1. The van der Waals surface area contributed by atoms with Crippen molar-refractivity contribution in [2.24, 2.45) is 0 Å². The number of benzene rings is 1. The SMILES string of the molecule is O=C(c1ccncc1)N1CCn2nc(OCc3ccccc3)cc2C1. The van der Waals surface area contributed by atoms with Crippen LogP contribution in [0.5, 0.6) is 5.88 Å². The average molecular weight is 334 g/mol. The molecule has 0 atom stereocenters. The fraction of sp³-hybridized carbons (Fsp3) is 0.211. The molecular formula is C19H18N4O2. The number of aromatic nitrogens is 3. The fourth-order valence-corrected chi connectivity index (χ4v) is 2.89. The summed E-state index contributed by atoms with van der Waals surface area (Å²) in [6.45, 7) is 2.31. The van der Waals surface area contributed by atoms with Gasteiger partial charge >= 0.3 is 0 Å². The monoisotopic (exact) mass is 334 g/mol. The van der Waals surface area contributed by atoms with Gasteiger partial charge in [0.2, 0.25) is 5.88 Å². The molecule has 1 aromatic carbocycles. The van der Waals surface area contributed by atoms with Gasteiger partial charge in [0, 0.05) is 30.6 Å². The number of amides is 1. The second-order valence-electron chi connectivity index (χ2n) is 5.93. The van der Waals surface area contributed by atoms with Crippen molar-refractivity contribution in [1.29, 1.82) is 0 Å². The predicted octanol–water partition coefficient (Wildman–Crippen LogP) is 2.51. The van der Waals surface area contributed by atoms with E-state index in [0.717, 1.165) is 11.3 Å². The number of hydrogen-bond acceptors (Lipinski definition) is 4. The minimum atomic E-state index is 0.0154. The van der Waals surface area contributed by atoms with Crippen LogP contribution < -0.4 is 4.74 Å². The van der Waals surface area contributed by atoms with Crippen LogP contribution in [-0.2, 0) is 19.7 Å². The molecule has 1 aliphatic rings. The summed E-state index contributed by atoms with van der Waals surface area (Å²) in [5.74, 6) is 0.610. The summed E-state index contributed by atoms with van der Waals surface area (Å²) in [7, 11) is 0. The lowest BCUT2D eigenvalue weighted by Gasteiger charge is -2.27. The topological polar surface area (TPSA) is 60.2 Å². The van der Waals surface area contributed by atoms with Crippen molar-refractivity contribution in [2.45, 2.75) is 19.7 Å². The molecule has 126 valence electrons.